The van der Waals surface area contributed by atoms with E-state index in [0.29, 0.717) is 40.2 Å². The molecule has 144 valence electrons. The first-order valence-corrected chi connectivity index (χ1v) is 10.0. The van der Waals surface area contributed by atoms with Crippen LogP contribution in [-0.2, 0) is 6.42 Å². The molecule has 1 aliphatic rings. The normalized spacial score (nSPS) is 14.9. The van der Waals surface area contributed by atoms with Gasteiger partial charge in [0.2, 0.25) is 0 Å². The molecule has 0 spiro atoms. The zero-order valence-electron chi connectivity index (χ0n) is 15.2. The van der Waals surface area contributed by atoms with Gasteiger partial charge in [0.1, 0.15) is 4.88 Å². The van der Waals surface area contributed by atoms with Crippen molar-refractivity contribution in [2.75, 3.05) is 13.1 Å². The first-order chi connectivity index (χ1) is 13.6. The molecule has 0 unspecified atom stereocenters. The summed E-state index contributed by atoms with van der Waals surface area (Å²) in [5.74, 6) is 0.157. The summed E-state index contributed by atoms with van der Waals surface area (Å²) in [6.45, 7) is 1.35. The molecule has 1 fully saturated rings. The largest absolute Gasteiger partial charge is 0.478 e. The minimum absolute atomic E-state index is 0.000285. The smallest absolute Gasteiger partial charge is 0.335 e. The molecule has 3 aromatic rings. The highest BCUT2D eigenvalue weighted by Crippen LogP contribution is 2.28. The van der Waals surface area contributed by atoms with Crippen molar-refractivity contribution in [2.45, 2.75) is 19.3 Å². The van der Waals surface area contributed by atoms with Crippen molar-refractivity contribution < 1.29 is 19.1 Å². The van der Waals surface area contributed by atoms with Crippen molar-refractivity contribution in [1.29, 1.82) is 0 Å². The molecule has 1 aromatic carbocycles. The topological polar surface area (TPSA) is 83.6 Å². The number of carbonyl (C=O) groups excluding carboxylic acids is 1. The number of likely N-dealkylation sites (tertiary alicyclic amines) is 1. The van der Waals surface area contributed by atoms with Gasteiger partial charge in [0.05, 0.1) is 18.0 Å². The molecular formula is C21H20N2O4S. The zero-order valence-corrected chi connectivity index (χ0v) is 16.0. The second-order valence-corrected chi connectivity index (χ2v) is 7.94. The summed E-state index contributed by atoms with van der Waals surface area (Å²) in [5, 5.41) is 10.0. The van der Waals surface area contributed by atoms with Crippen LogP contribution >= 0.6 is 11.3 Å². The van der Waals surface area contributed by atoms with Gasteiger partial charge in [0.15, 0.2) is 10.8 Å². The van der Waals surface area contributed by atoms with Crippen LogP contribution < -0.4 is 0 Å². The van der Waals surface area contributed by atoms with Crippen LogP contribution in [-0.4, -0.2) is 40.0 Å². The van der Waals surface area contributed by atoms with Gasteiger partial charge in [-0.15, -0.1) is 11.3 Å². The van der Waals surface area contributed by atoms with E-state index in [1.807, 2.05) is 23.1 Å². The number of carbonyl (C=O) groups is 2. The van der Waals surface area contributed by atoms with Crippen molar-refractivity contribution in [3.63, 3.8) is 0 Å². The molecule has 7 heteroatoms. The average Bonchev–Trinajstić information content (AvgIpc) is 3.40. The molecule has 0 atom stereocenters. The summed E-state index contributed by atoms with van der Waals surface area (Å²) in [6, 6.07) is 10.8. The Kier molecular flexibility index (Phi) is 5.25. The Balaban J connectivity index is 1.37. The van der Waals surface area contributed by atoms with Crippen LogP contribution in [0, 0.1) is 5.92 Å². The third-order valence-electron chi connectivity index (χ3n) is 5.11. The van der Waals surface area contributed by atoms with Crippen LogP contribution in [0.5, 0.6) is 0 Å². The fourth-order valence-electron chi connectivity index (χ4n) is 3.60. The number of hydrogen-bond acceptors (Lipinski definition) is 5. The Morgan fingerprint density at radius 1 is 1.18 bits per heavy atom. The number of thiazole rings is 1. The maximum atomic E-state index is 12.8. The third-order valence-corrected chi connectivity index (χ3v) is 6.11. The molecule has 1 saturated heterocycles. The Morgan fingerprint density at radius 3 is 2.68 bits per heavy atom. The van der Waals surface area contributed by atoms with E-state index in [1.54, 1.807) is 30.7 Å². The van der Waals surface area contributed by atoms with E-state index >= 15 is 0 Å². The molecule has 0 aliphatic carbocycles. The van der Waals surface area contributed by atoms with Crippen LogP contribution in [0.15, 0.2) is 53.3 Å². The van der Waals surface area contributed by atoms with Crippen LogP contribution in [0.2, 0.25) is 0 Å². The van der Waals surface area contributed by atoms with E-state index in [1.165, 1.54) is 11.3 Å². The van der Waals surface area contributed by atoms with Crippen LogP contribution in [0.1, 0.15) is 38.4 Å². The summed E-state index contributed by atoms with van der Waals surface area (Å²) in [4.78, 5) is 30.9. The summed E-state index contributed by atoms with van der Waals surface area (Å²) in [7, 11) is 0. The number of nitrogens with zero attached hydrogens (tertiary/aromatic N) is 2. The molecule has 1 amide bonds. The number of furan rings is 1. The Labute approximate surface area is 166 Å². The lowest BCUT2D eigenvalue weighted by Gasteiger charge is -2.32. The second kappa shape index (κ2) is 7.98. The third kappa shape index (κ3) is 3.84. The van der Waals surface area contributed by atoms with E-state index in [2.05, 4.69) is 4.98 Å². The Bertz CT molecular complexity index is 972. The summed E-state index contributed by atoms with van der Waals surface area (Å²) < 4.78 is 5.34. The van der Waals surface area contributed by atoms with Crippen LogP contribution in [0.25, 0.3) is 10.8 Å². The number of amides is 1. The van der Waals surface area contributed by atoms with Crippen molar-refractivity contribution >= 4 is 23.2 Å². The van der Waals surface area contributed by atoms with E-state index in [-0.39, 0.29) is 5.91 Å². The summed E-state index contributed by atoms with van der Waals surface area (Å²) in [6.07, 6.45) is 5.66. The molecule has 0 saturated carbocycles. The van der Waals surface area contributed by atoms with E-state index < -0.39 is 5.97 Å². The summed E-state index contributed by atoms with van der Waals surface area (Å²) in [5.41, 5.74) is 1.24. The average molecular weight is 396 g/mol. The molecule has 28 heavy (non-hydrogen) atoms. The number of piperidine rings is 1. The highest BCUT2D eigenvalue weighted by molar-refractivity contribution is 7.16. The standard InChI is InChI=1S/C21H20N2O4S/c24-20(18-13-22-19(28-18)17-6-3-11-27-17)23-9-7-14(8-10-23)12-15-4-1-2-5-16(15)21(25)26/h1-6,11,13-14H,7-10,12H2,(H,25,26). The molecule has 0 radical (unpaired) electrons. The maximum absolute atomic E-state index is 12.8. The quantitative estimate of drug-likeness (QED) is 0.699. The lowest BCUT2D eigenvalue weighted by Crippen LogP contribution is -2.38. The van der Waals surface area contributed by atoms with Gasteiger partial charge < -0.3 is 14.4 Å². The number of rotatable bonds is 5. The maximum Gasteiger partial charge on any atom is 0.335 e. The first kappa shape index (κ1) is 18.4. The van der Waals surface area contributed by atoms with E-state index in [4.69, 9.17) is 4.42 Å². The highest BCUT2D eigenvalue weighted by Gasteiger charge is 2.26. The van der Waals surface area contributed by atoms with Crippen LogP contribution in [0.4, 0.5) is 0 Å². The molecule has 0 bridgehead atoms. The number of hydrogen-bond donors (Lipinski definition) is 1. The van der Waals surface area contributed by atoms with Crippen molar-refractivity contribution in [1.82, 2.24) is 9.88 Å². The Hall–Kier alpha value is -2.93. The number of benzene rings is 1. The predicted octanol–water partition coefficient (Wildman–Crippen LogP) is 4.20. The lowest BCUT2D eigenvalue weighted by atomic mass is 9.88. The van der Waals surface area contributed by atoms with Gasteiger partial charge >= 0.3 is 5.97 Å². The highest BCUT2D eigenvalue weighted by atomic mass is 32.1. The summed E-state index contributed by atoms with van der Waals surface area (Å²) >= 11 is 1.34. The van der Waals surface area contributed by atoms with Crippen molar-refractivity contribution in [2.24, 2.45) is 5.92 Å². The molecule has 6 nitrogen and oxygen atoms in total. The van der Waals surface area contributed by atoms with Gasteiger partial charge in [-0.1, -0.05) is 18.2 Å². The van der Waals surface area contributed by atoms with E-state index in [0.717, 1.165) is 24.8 Å². The molecular weight excluding hydrogens is 376 g/mol. The molecule has 4 rings (SSSR count). The molecule has 1 aliphatic heterocycles. The minimum Gasteiger partial charge on any atom is -0.478 e. The molecule has 3 heterocycles. The van der Waals surface area contributed by atoms with Gasteiger partial charge in [-0.3, -0.25) is 4.79 Å². The van der Waals surface area contributed by atoms with Crippen molar-refractivity contribution in [3.8, 4) is 10.8 Å². The Morgan fingerprint density at radius 2 is 1.96 bits per heavy atom. The predicted molar refractivity (Wildman–Crippen MR) is 106 cm³/mol. The van der Waals surface area contributed by atoms with Gasteiger partial charge in [0, 0.05) is 13.1 Å². The zero-order chi connectivity index (χ0) is 19.5. The molecule has 2 aromatic heterocycles. The van der Waals surface area contributed by atoms with Crippen molar-refractivity contribution in [3.05, 3.63) is 64.9 Å². The van der Waals surface area contributed by atoms with Gasteiger partial charge in [-0.25, -0.2) is 9.78 Å². The SMILES string of the molecule is O=C(O)c1ccccc1CC1CCN(C(=O)c2cnc(-c3ccco3)s2)CC1. The number of carboxylic acid groups (broad SMARTS) is 1. The number of aromatic nitrogens is 1. The fraction of sp³-hybridized carbons (Fsp3) is 0.286. The van der Waals surface area contributed by atoms with Gasteiger partial charge in [-0.05, 0) is 48.9 Å². The monoisotopic (exact) mass is 396 g/mol. The number of aromatic carboxylic acids is 1. The number of carboxylic acids is 1. The minimum atomic E-state index is -0.888. The lowest BCUT2D eigenvalue weighted by molar-refractivity contribution is 0.0694. The van der Waals surface area contributed by atoms with Crippen LogP contribution in [0.3, 0.4) is 0 Å². The fourth-order valence-corrected chi connectivity index (χ4v) is 4.45. The first-order valence-electron chi connectivity index (χ1n) is 9.22. The van der Waals surface area contributed by atoms with Gasteiger partial charge in [-0.2, -0.15) is 0 Å². The van der Waals surface area contributed by atoms with E-state index in [9.17, 15) is 14.7 Å². The second-order valence-electron chi connectivity index (χ2n) is 6.91. The van der Waals surface area contributed by atoms with Gasteiger partial charge in [0.25, 0.3) is 5.91 Å². The molecule has 1 N–H and O–H groups in total.